The predicted molar refractivity (Wildman–Crippen MR) is 90.5 cm³/mol. The van der Waals surface area contributed by atoms with Crippen molar-refractivity contribution >= 4 is 21.4 Å². The molecular weight excluding hydrogens is 316 g/mol. The van der Waals surface area contributed by atoms with Gasteiger partial charge >= 0.3 is 0 Å². The summed E-state index contributed by atoms with van der Waals surface area (Å²) >= 11 is 0. The molecule has 1 heterocycles. The largest absolute Gasteiger partial charge is 0.489 e. The molecule has 6 nitrogen and oxygen atoms in total. The van der Waals surface area contributed by atoms with E-state index >= 15 is 0 Å². The molecule has 1 atom stereocenters. The van der Waals surface area contributed by atoms with Gasteiger partial charge in [-0.25, -0.2) is 8.42 Å². The molecule has 126 valence electrons. The molecule has 1 aromatic carbocycles. The molecule has 0 aromatic heterocycles. The van der Waals surface area contributed by atoms with Crippen LogP contribution in [0, 0.1) is 0 Å². The molecule has 1 N–H and O–H groups in total. The second-order valence-corrected chi connectivity index (χ2v) is 7.88. The molecule has 2 rings (SSSR count). The molecule has 7 heteroatoms. The van der Waals surface area contributed by atoms with Crippen LogP contribution in [-0.4, -0.2) is 57.0 Å². The average Bonchev–Trinajstić information content (AvgIpc) is 2.85. The zero-order valence-electron chi connectivity index (χ0n) is 13.2. The number of amides is 1. The molecule has 0 aliphatic carbocycles. The molecule has 1 aliphatic heterocycles. The number of nitrogens with zero attached hydrogens (tertiary/aromatic N) is 1. The first-order valence-electron chi connectivity index (χ1n) is 7.44. The molecule has 1 amide bonds. The van der Waals surface area contributed by atoms with Gasteiger partial charge in [-0.15, -0.1) is 0 Å². The van der Waals surface area contributed by atoms with Gasteiger partial charge in [-0.1, -0.05) is 18.7 Å². The number of nitrogens with one attached hydrogen (secondary N) is 1. The molecule has 0 saturated carbocycles. The summed E-state index contributed by atoms with van der Waals surface area (Å²) in [6.07, 6.45) is 2.23. The van der Waals surface area contributed by atoms with Crippen LogP contribution in [0.5, 0.6) is 5.75 Å². The SMILES string of the molecule is C=CCOc1cccc(NC(=O)CN(C)C2CCS(=O)(=O)C2)c1. The summed E-state index contributed by atoms with van der Waals surface area (Å²) in [7, 11) is -1.18. The van der Waals surface area contributed by atoms with Crippen molar-refractivity contribution < 1.29 is 17.9 Å². The number of rotatable bonds is 7. The van der Waals surface area contributed by atoms with Gasteiger partial charge in [0.25, 0.3) is 0 Å². The van der Waals surface area contributed by atoms with Crippen LogP contribution >= 0.6 is 0 Å². The van der Waals surface area contributed by atoms with Crippen LogP contribution in [0.25, 0.3) is 0 Å². The van der Waals surface area contributed by atoms with E-state index in [2.05, 4.69) is 11.9 Å². The monoisotopic (exact) mass is 338 g/mol. The van der Waals surface area contributed by atoms with Crippen LogP contribution < -0.4 is 10.1 Å². The number of carbonyl (C=O) groups is 1. The predicted octanol–water partition coefficient (Wildman–Crippen LogP) is 1.31. The van der Waals surface area contributed by atoms with E-state index in [4.69, 9.17) is 4.74 Å². The van der Waals surface area contributed by atoms with Crippen molar-refractivity contribution in [1.29, 1.82) is 0 Å². The number of likely N-dealkylation sites (N-methyl/N-ethyl adjacent to an activating group) is 1. The lowest BCUT2D eigenvalue weighted by molar-refractivity contribution is -0.117. The minimum atomic E-state index is -2.95. The first kappa shape index (κ1) is 17.5. The minimum Gasteiger partial charge on any atom is -0.489 e. The van der Waals surface area contributed by atoms with Gasteiger partial charge in [-0.3, -0.25) is 9.69 Å². The van der Waals surface area contributed by atoms with Crippen LogP contribution in [0.2, 0.25) is 0 Å². The number of ether oxygens (including phenoxy) is 1. The third-order valence-electron chi connectivity index (χ3n) is 3.71. The smallest absolute Gasteiger partial charge is 0.238 e. The van der Waals surface area contributed by atoms with Crippen molar-refractivity contribution in [3.8, 4) is 5.75 Å². The van der Waals surface area contributed by atoms with Gasteiger partial charge in [0.2, 0.25) is 5.91 Å². The van der Waals surface area contributed by atoms with Gasteiger partial charge in [-0.05, 0) is 25.6 Å². The highest BCUT2D eigenvalue weighted by molar-refractivity contribution is 7.91. The Morgan fingerprint density at radius 3 is 2.96 bits per heavy atom. The highest BCUT2D eigenvalue weighted by Crippen LogP contribution is 2.18. The highest BCUT2D eigenvalue weighted by atomic mass is 32.2. The molecule has 1 unspecified atom stereocenters. The molecular formula is C16H22N2O4S. The van der Waals surface area contributed by atoms with E-state index in [-0.39, 0.29) is 30.0 Å². The van der Waals surface area contributed by atoms with Gasteiger partial charge in [0.15, 0.2) is 9.84 Å². The first-order valence-corrected chi connectivity index (χ1v) is 9.26. The van der Waals surface area contributed by atoms with Gasteiger partial charge in [0.1, 0.15) is 12.4 Å². The Morgan fingerprint density at radius 2 is 2.30 bits per heavy atom. The van der Waals surface area contributed by atoms with E-state index in [9.17, 15) is 13.2 Å². The van der Waals surface area contributed by atoms with Crippen molar-refractivity contribution in [3.05, 3.63) is 36.9 Å². The van der Waals surface area contributed by atoms with Crippen LogP contribution in [0.4, 0.5) is 5.69 Å². The van der Waals surface area contributed by atoms with Crippen molar-refractivity contribution in [1.82, 2.24) is 4.90 Å². The van der Waals surface area contributed by atoms with Crippen molar-refractivity contribution in [3.63, 3.8) is 0 Å². The number of benzene rings is 1. The minimum absolute atomic E-state index is 0.0898. The van der Waals surface area contributed by atoms with E-state index in [1.807, 2.05) is 0 Å². The Hall–Kier alpha value is -1.86. The normalized spacial score (nSPS) is 19.5. The second kappa shape index (κ2) is 7.61. The van der Waals surface area contributed by atoms with Gasteiger partial charge in [0.05, 0.1) is 18.1 Å². The molecule has 1 aliphatic rings. The fourth-order valence-electron chi connectivity index (χ4n) is 2.50. The van der Waals surface area contributed by atoms with Gasteiger partial charge in [0, 0.05) is 17.8 Å². The van der Waals surface area contributed by atoms with E-state index in [0.29, 0.717) is 24.5 Å². The van der Waals surface area contributed by atoms with Crippen molar-refractivity contribution in [2.24, 2.45) is 0 Å². The summed E-state index contributed by atoms with van der Waals surface area (Å²) < 4.78 is 28.4. The Bertz CT molecular complexity index is 672. The lowest BCUT2D eigenvalue weighted by Gasteiger charge is -2.22. The maximum absolute atomic E-state index is 12.1. The van der Waals surface area contributed by atoms with E-state index in [0.717, 1.165) is 0 Å². The molecule has 1 saturated heterocycles. The Kier molecular flexibility index (Phi) is 5.79. The first-order chi connectivity index (χ1) is 10.9. The van der Waals surface area contributed by atoms with Crippen LogP contribution in [0.1, 0.15) is 6.42 Å². The Morgan fingerprint density at radius 1 is 1.52 bits per heavy atom. The maximum Gasteiger partial charge on any atom is 0.238 e. The number of hydrogen-bond acceptors (Lipinski definition) is 5. The zero-order chi connectivity index (χ0) is 16.9. The second-order valence-electron chi connectivity index (χ2n) is 5.65. The molecule has 1 fully saturated rings. The summed E-state index contributed by atoms with van der Waals surface area (Å²) in [5, 5.41) is 2.80. The molecule has 23 heavy (non-hydrogen) atoms. The Balaban J connectivity index is 1.88. The van der Waals surface area contributed by atoms with Gasteiger partial charge in [-0.2, -0.15) is 0 Å². The van der Waals surface area contributed by atoms with Gasteiger partial charge < -0.3 is 10.1 Å². The molecule has 0 bridgehead atoms. The van der Waals surface area contributed by atoms with Crippen LogP contribution in [0.3, 0.4) is 0 Å². The quantitative estimate of drug-likeness (QED) is 0.759. The Labute approximate surface area is 137 Å². The third kappa shape index (κ3) is 5.37. The molecule has 0 radical (unpaired) electrons. The topological polar surface area (TPSA) is 75.7 Å². The molecule has 1 aromatic rings. The fourth-order valence-corrected chi connectivity index (χ4v) is 4.30. The van der Waals surface area contributed by atoms with Crippen molar-refractivity contribution in [2.45, 2.75) is 12.5 Å². The van der Waals surface area contributed by atoms with Crippen LogP contribution in [0.15, 0.2) is 36.9 Å². The number of sulfone groups is 1. The van der Waals surface area contributed by atoms with E-state index in [1.54, 1.807) is 42.3 Å². The average molecular weight is 338 g/mol. The lowest BCUT2D eigenvalue weighted by Crippen LogP contribution is -2.38. The number of carbonyl (C=O) groups excluding carboxylic acids is 1. The van der Waals surface area contributed by atoms with Crippen molar-refractivity contribution in [2.75, 3.05) is 37.0 Å². The van der Waals surface area contributed by atoms with E-state index in [1.165, 1.54) is 0 Å². The summed E-state index contributed by atoms with van der Waals surface area (Å²) in [5.74, 6) is 0.796. The van der Waals surface area contributed by atoms with E-state index < -0.39 is 9.84 Å². The number of anilines is 1. The number of hydrogen-bond donors (Lipinski definition) is 1. The maximum atomic E-state index is 12.1. The lowest BCUT2D eigenvalue weighted by atomic mass is 10.2. The fraction of sp³-hybridized carbons (Fsp3) is 0.438. The zero-order valence-corrected chi connectivity index (χ0v) is 14.0. The third-order valence-corrected chi connectivity index (χ3v) is 5.46. The summed E-state index contributed by atoms with van der Waals surface area (Å²) in [6, 6.07) is 7.02. The highest BCUT2D eigenvalue weighted by Gasteiger charge is 2.31. The summed E-state index contributed by atoms with van der Waals surface area (Å²) in [5.41, 5.74) is 0.643. The van der Waals surface area contributed by atoms with Crippen LogP contribution in [-0.2, 0) is 14.6 Å². The molecule has 0 spiro atoms. The summed E-state index contributed by atoms with van der Waals surface area (Å²) in [6.45, 7) is 4.13. The summed E-state index contributed by atoms with van der Waals surface area (Å²) in [4.78, 5) is 13.9. The standard InChI is InChI=1S/C16H22N2O4S/c1-3-8-22-15-6-4-5-13(10-15)17-16(19)11-18(2)14-7-9-23(20,21)12-14/h3-6,10,14H,1,7-9,11-12H2,2H3,(H,17,19).